The lowest BCUT2D eigenvalue weighted by Crippen LogP contribution is -2.19. The third-order valence-corrected chi connectivity index (χ3v) is 3.50. The highest BCUT2D eigenvalue weighted by Crippen LogP contribution is 2.37. The molecule has 1 aromatic heterocycles. The van der Waals surface area contributed by atoms with Gasteiger partial charge in [0.05, 0.1) is 5.56 Å². The first-order valence-corrected chi connectivity index (χ1v) is 6.16. The van der Waals surface area contributed by atoms with Gasteiger partial charge in [0.2, 0.25) is 0 Å². The normalized spacial score (nSPS) is 17.9. The van der Waals surface area contributed by atoms with Gasteiger partial charge >= 0.3 is 6.18 Å². The fraction of sp³-hybridized carbons (Fsp3) is 0.545. The second kappa shape index (κ2) is 4.48. The molecule has 1 atom stereocenters. The molecule has 1 fully saturated rings. The SMILES string of the molecule is C[C@@H](Nc1cc(C(F)(F)F)c(Br)cn1)C1CC1. The number of hydrogen-bond acceptors (Lipinski definition) is 2. The Morgan fingerprint density at radius 2 is 2.12 bits per heavy atom. The van der Waals surface area contributed by atoms with Crippen LogP contribution in [0.25, 0.3) is 0 Å². The third kappa shape index (κ3) is 3.12. The molecule has 0 saturated heterocycles. The van der Waals surface area contributed by atoms with Gasteiger partial charge in [0.15, 0.2) is 0 Å². The molecule has 0 aliphatic heterocycles. The van der Waals surface area contributed by atoms with Crippen molar-refractivity contribution in [3.8, 4) is 0 Å². The molecule has 94 valence electrons. The van der Waals surface area contributed by atoms with Gasteiger partial charge in [-0.3, -0.25) is 0 Å². The highest BCUT2D eigenvalue weighted by molar-refractivity contribution is 9.10. The van der Waals surface area contributed by atoms with Gasteiger partial charge in [0.1, 0.15) is 5.82 Å². The van der Waals surface area contributed by atoms with Crippen molar-refractivity contribution in [2.75, 3.05) is 5.32 Å². The summed E-state index contributed by atoms with van der Waals surface area (Å²) in [6.45, 7) is 1.97. The van der Waals surface area contributed by atoms with Crippen LogP contribution < -0.4 is 5.32 Å². The van der Waals surface area contributed by atoms with Gasteiger partial charge in [0, 0.05) is 16.7 Å². The standard InChI is InChI=1S/C11H12BrF3N2/c1-6(7-2-3-7)17-10-4-8(11(13,14)15)9(12)5-16-10/h4-7H,2-3H2,1H3,(H,16,17)/t6-/m1/s1. The van der Waals surface area contributed by atoms with E-state index in [0.717, 1.165) is 18.9 Å². The van der Waals surface area contributed by atoms with Crippen molar-refractivity contribution < 1.29 is 13.2 Å². The lowest BCUT2D eigenvalue weighted by molar-refractivity contribution is -0.138. The first-order valence-electron chi connectivity index (χ1n) is 5.37. The summed E-state index contributed by atoms with van der Waals surface area (Å²) in [5.41, 5.74) is -0.696. The quantitative estimate of drug-likeness (QED) is 0.910. The topological polar surface area (TPSA) is 24.9 Å². The number of nitrogens with zero attached hydrogens (tertiary/aromatic N) is 1. The average Bonchev–Trinajstić information content (AvgIpc) is 3.02. The molecule has 1 heterocycles. The van der Waals surface area contributed by atoms with Crippen molar-refractivity contribution in [3.05, 3.63) is 22.3 Å². The van der Waals surface area contributed by atoms with Crippen molar-refractivity contribution in [2.24, 2.45) is 5.92 Å². The van der Waals surface area contributed by atoms with E-state index in [1.807, 2.05) is 6.92 Å². The molecular weight excluding hydrogens is 297 g/mol. The van der Waals surface area contributed by atoms with Crippen LogP contribution in [0.1, 0.15) is 25.3 Å². The number of halogens is 4. The highest BCUT2D eigenvalue weighted by Gasteiger charge is 2.34. The van der Waals surface area contributed by atoms with Crippen LogP contribution in [0.3, 0.4) is 0 Å². The highest BCUT2D eigenvalue weighted by atomic mass is 79.9. The van der Waals surface area contributed by atoms with Gasteiger partial charge in [-0.25, -0.2) is 4.98 Å². The van der Waals surface area contributed by atoms with Gasteiger partial charge in [-0.05, 0) is 47.7 Å². The number of alkyl halides is 3. The summed E-state index contributed by atoms with van der Waals surface area (Å²) in [5, 5.41) is 3.01. The predicted molar refractivity (Wildman–Crippen MR) is 62.7 cm³/mol. The van der Waals surface area contributed by atoms with E-state index in [9.17, 15) is 13.2 Å². The molecule has 1 aromatic rings. The molecule has 2 rings (SSSR count). The number of rotatable bonds is 3. The summed E-state index contributed by atoms with van der Waals surface area (Å²) in [6.07, 6.45) is -0.903. The van der Waals surface area contributed by atoms with E-state index >= 15 is 0 Å². The third-order valence-electron chi connectivity index (χ3n) is 2.87. The molecule has 6 heteroatoms. The molecule has 1 saturated carbocycles. The van der Waals surface area contributed by atoms with E-state index < -0.39 is 11.7 Å². The summed E-state index contributed by atoms with van der Waals surface area (Å²) in [5.74, 6) is 0.842. The minimum atomic E-state index is -4.36. The summed E-state index contributed by atoms with van der Waals surface area (Å²) >= 11 is 2.86. The van der Waals surface area contributed by atoms with Gasteiger partial charge in [-0.1, -0.05) is 0 Å². The summed E-state index contributed by atoms with van der Waals surface area (Å²) in [7, 11) is 0. The zero-order valence-electron chi connectivity index (χ0n) is 9.18. The molecule has 2 nitrogen and oxygen atoms in total. The second-order valence-corrected chi connectivity index (χ2v) is 5.17. The molecule has 1 N–H and O–H groups in total. The maximum atomic E-state index is 12.7. The van der Waals surface area contributed by atoms with Crippen LogP contribution in [0.15, 0.2) is 16.7 Å². The molecular formula is C11H12BrF3N2. The van der Waals surface area contributed by atoms with Gasteiger partial charge in [-0.15, -0.1) is 0 Å². The molecule has 17 heavy (non-hydrogen) atoms. The lowest BCUT2D eigenvalue weighted by atomic mass is 10.2. The Labute approximate surface area is 106 Å². The number of anilines is 1. The summed E-state index contributed by atoms with van der Waals surface area (Å²) < 4.78 is 37.9. The predicted octanol–water partition coefficient (Wildman–Crippen LogP) is 4.07. The Bertz CT molecular complexity index is 416. The van der Waals surface area contributed by atoms with Gasteiger partial charge in [0.25, 0.3) is 0 Å². The maximum absolute atomic E-state index is 12.7. The molecule has 1 aliphatic carbocycles. The minimum absolute atomic E-state index is 0.0328. The van der Waals surface area contributed by atoms with Crippen molar-refractivity contribution in [2.45, 2.75) is 32.0 Å². The minimum Gasteiger partial charge on any atom is -0.367 e. The van der Waals surface area contributed by atoms with Crippen LogP contribution in [-0.2, 0) is 6.18 Å². The zero-order chi connectivity index (χ0) is 12.6. The van der Waals surface area contributed by atoms with Crippen molar-refractivity contribution in [1.29, 1.82) is 0 Å². The van der Waals surface area contributed by atoms with E-state index in [-0.39, 0.29) is 16.3 Å². The van der Waals surface area contributed by atoms with E-state index in [1.165, 1.54) is 6.20 Å². The van der Waals surface area contributed by atoms with Crippen LogP contribution in [-0.4, -0.2) is 11.0 Å². The van der Waals surface area contributed by atoms with Crippen molar-refractivity contribution >= 4 is 21.7 Å². The zero-order valence-corrected chi connectivity index (χ0v) is 10.8. The van der Waals surface area contributed by atoms with E-state index in [1.54, 1.807) is 0 Å². The fourth-order valence-electron chi connectivity index (χ4n) is 1.68. The fourth-order valence-corrected chi connectivity index (χ4v) is 2.12. The molecule has 0 amide bonds. The number of pyridine rings is 1. The van der Waals surface area contributed by atoms with E-state index in [2.05, 4.69) is 26.2 Å². The molecule has 0 bridgehead atoms. The van der Waals surface area contributed by atoms with Crippen LogP contribution in [0, 0.1) is 5.92 Å². The van der Waals surface area contributed by atoms with Crippen LogP contribution in [0.4, 0.5) is 19.0 Å². The monoisotopic (exact) mass is 308 g/mol. The lowest BCUT2D eigenvalue weighted by Gasteiger charge is -2.15. The maximum Gasteiger partial charge on any atom is 0.417 e. The largest absolute Gasteiger partial charge is 0.417 e. The Balaban J connectivity index is 2.18. The molecule has 0 spiro atoms. The molecule has 0 radical (unpaired) electrons. The van der Waals surface area contributed by atoms with Crippen LogP contribution in [0.2, 0.25) is 0 Å². The molecule has 1 aliphatic rings. The van der Waals surface area contributed by atoms with Gasteiger partial charge in [-0.2, -0.15) is 13.2 Å². The Hall–Kier alpha value is -0.780. The van der Waals surface area contributed by atoms with E-state index in [0.29, 0.717) is 5.92 Å². The first-order chi connectivity index (χ1) is 7.88. The van der Waals surface area contributed by atoms with Crippen LogP contribution in [0.5, 0.6) is 0 Å². The van der Waals surface area contributed by atoms with Gasteiger partial charge < -0.3 is 5.32 Å². The first kappa shape index (κ1) is 12.7. The smallest absolute Gasteiger partial charge is 0.367 e. The Morgan fingerprint density at radius 1 is 1.47 bits per heavy atom. The summed E-state index contributed by atoms with van der Waals surface area (Å²) in [4.78, 5) is 3.94. The number of aromatic nitrogens is 1. The Kier molecular flexibility index (Phi) is 3.34. The van der Waals surface area contributed by atoms with Crippen molar-refractivity contribution in [1.82, 2.24) is 4.98 Å². The number of nitrogens with one attached hydrogen (secondary N) is 1. The second-order valence-electron chi connectivity index (χ2n) is 4.32. The molecule has 0 unspecified atom stereocenters. The van der Waals surface area contributed by atoms with Crippen LogP contribution >= 0.6 is 15.9 Å². The number of hydrogen-bond donors (Lipinski definition) is 1. The van der Waals surface area contributed by atoms with E-state index in [4.69, 9.17) is 0 Å². The Morgan fingerprint density at radius 3 is 2.65 bits per heavy atom. The van der Waals surface area contributed by atoms with Crippen molar-refractivity contribution in [3.63, 3.8) is 0 Å². The average molecular weight is 309 g/mol. The summed E-state index contributed by atoms with van der Waals surface area (Å²) in [6, 6.07) is 1.22. The molecule has 0 aromatic carbocycles.